The smallest absolute Gasteiger partial charge is 0.256 e. The molecule has 2 heterocycles. The fraction of sp³-hybridized carbons (Fsp3) is 0.435. The van der Waals surface area contributed by atoms with Gasteiger partial charge < -0.3 is 14.5 Å². The molecule has 0 atom stereocenters. The van der Waals surface area contributed by atoms with Crippen molar-refractivity contribution in [2.45, 2.75) is 18.7 Å². The Balaban J connectivity index is 1.50. The lowest BCUT2D eigenvalue weighted by Crippen LogP contribution is -2.49. The molecule has 0 aliphatic carbocycles. The van der Waals surface area contributed by atoms with E-state index in [9.17, 15) is 17.6 Å². The first kappa shape index (κ1) is 22.7. The maximum absolute atomic E-state index is 14.6. The number of ether oxygens (including phenoxy) is 1. The van der Waals surface area contributed by atoms with E-state index < -0.39 is 21.7 Å². The van der Waals surface area contributed by atoms with Crippen molar-refractivity contribution in [2.24, 2.45) is 0 Å². The van der Waals surface area contributed by atoms with Crippen LogP contribution in [0.25, 0.3) is 0 Å². The average Bonchev–Trinajstić information content (AvgIpc) is 2.81. The molecule has 0 spiro atoms. The second kappa shape index (κ2) is 9.17. The molecule has 2 aliphatic heterocycles. The van der Waals surface area contributed by atoms with E-state index in [0.717, 1.165) is 11.8 Å². The quantitative estimate of drug-likeness (QED) is 0.700. The minimum absolute atomic E-state index is 0.0711. The summed E-state index contributed by atoms with van der Waals surface area (Å²) in [6.07, 6.45) is 0. The maximum Gasteiger partial charge on any atom is 0.256 e. The van der Waals surface area contributed by atoms with Gasteiger partial charge in [-0.3, -0.25) is 4.79 Å². The molecule has 0 radical (unpaired) electrons. The molecule has 32 heavy (non-hydrogen) atoms. The normalized spacial score (nSPS) is 18.1. The molecular formula is C23H28FN3O4S. The number of piperazine rings is 1. The number of carbonyl (C=O) groups excluding carboxylic acids is 1. The molecule has 2 saturated heterocycles. The first-order valence-electron chi connectivity index (χ1n) is 10.8. The second-order valence-corrected chi connectivity index (χ2v) is 10.1. The topological polar surface area (TPSA) is 70.2 Å². The van der Waals surface area contributed by atoms with Crippen molar-refractivity contribution in [1.82, 2.24) is 9.21 Å². The summed E-state index contributed by atoms with van der Waals surface area (Å²) in [4.78, 5) is 16.8. The molecule has 0 N–H and O–H groups in total. The van der Waals surface area contributed by atoms with Gasteiger partial charge in [-0.25, -0.2) is 12.8 Å². The van der Waals surface area contributed by atoms with Crippen LogP contribution in [-0.4, -0.2) is 76.0 Å². The molecule has 4 rings (SSSR count). The number of carbonyl (C=O) groups is 1. The van der Waals surface area contributed by atoms with Crippen molar-refractivity contribution in [2.75, 3.05) is 57.4 Å². The Morgan fingerprint density at radius 1 is 0.969 bits per heavy atom. The lowest BCUT2D eigenvalue weighted by atomic mass is 10.1. The predicted octanol–water partition coefficient (Wildman–Crippen LogP) is 2.43. The zero-order chi connectivity index (χ0) is 22.9. The van der Waals surface area contributed by atoms with Gasteiger partial charge in [-0.15, -0.1) is 0 Å². The van der Waals surface area contributed by atoms with Gasteiger partial charge in [-0.1, -0.05) is 12.1 Å². The molecule has 9 heteroatoms. The van der Waals surface area contributed by atoms with Gasteiger partial charge in [0, 0.05) is 45.0 Å². The number of sulfonamides is 1. The van der Waals surface area contributed by atoms with Crippen molar-refractivity contribution in [3.8, 4) is 0 Å². The molecular weight excluding hydrogens is 433 g/mol. The summed E-state index contributed by atoms with van der Waals surface area (Å²) in [6.45, 7) is 7.39. The van der Waals surface area contributed by atoms with Crippen molar-refractivity contribution in [3.05, 3.63) is 58.9 Å². The van der Waals surface area contributed by atoms with E-state index >= 15 is 0 Å². The number of rotatable bonds is 4. The van der Waals surface area contributed by atoms with Crippen LogP contribution in [0, 0.1) is 19.7 Å². The van der Waals surface area contributed by atoms with Crippen molar-refractivity contribution in [3.63, 3.8) is 0 Å². The molecule has 2 aromatic rings. The Kier molecular flexibility index (Phi) is 6.50. The summed E-state index contributed by atoms with van der Waals surface area (Å²) < 4.78 is 46.9. The Bertz CT molecular complexity index is 1110. The summed E-state index contributed by atoms with van der Waals surface area (Å²) in [5, 5.41) is 0. The highest BCUT2D eigenvalue weighted by Crippen LogP contribution is 2.25. The summed E-state index contributed by atoms with van der Waals surface area (Å²) in [6, 6.07) is 9.60. The minimum Gasteiger partial charge on any atom is -0.379 e. The van der Waals surface area contributed by atoms with E-state index in [4.69, 9.17) is 4.74 Å². The zero-order valence-corrected chi connectivity index (χ0v) is 19.2. The number of anilines is 1. The molecule has 7 nitrogen and oxygen atoms in total. The SMILES string of the molecule is Cc1cccc(N2CCN(C(=O)c3cc(S(=O)(=O)N4CCOCC4)ccc3F)CC2)c1C. The first-order valence-corrected chi connectivity index (χ1v) is 12.2. The van der Waals surface area contributed by atoms with Gasteiger partial charge >= 0.3 is 0 Å². The van der Waals surface area contributed by atoms with Crippen LogP contribution < -0.4 is 4.90 Å². The van der Waals surface area contributed by atoms with E-state index in [1.165, 1.54) is 27.6 Å². The van der Waals surface area contributed by atoms with Crippen molar-refractivity contribution < 1.29 is 22.3 Å². The van der Waals surface area contributed by atoms with E-state index in [1.54, 1.807) is 4.90 Å². The van der Waals surface area contributed by atoms with Gasteiger partial charge in [-0.2, -0.15) is 4.31 Å². The van der Waals surface area contributed by atoms with Gasteiger partial charge in [0.25, 0.3) is 5.91 Å². The number of nitrogens with zero attached hydrogens (tertiary/aromatic N) is 3. The van der Waals surface area contributed by atoms with E-state index in [-0.39, 0.29) is 23.5 Å². The Morgan fingerprint density at radius 3 is 2.34 bits per heavy atom. The number of aryl methyl sites for hydroxylation is 1. The van der Waals surface area contributed by atoms with Crippen molar-refractivity contribution >= 4 is 21.6 Å². The van der Waals surface area contributed by atoms with Gasteiger partial charge in [0.15, 0.2) is 0 Å². The number of hydrogen-bond donors (Lipinski definition) is 0. The number of hydrogen-bond acceptors (Lipinski definition) is 5. The summed E-state index contributed by atoms with van der Waals surface area (Å²) in [5.74, 6) is -1.20. The second-order valence-electron chi connectivity index (χ2n) is 8.16. The first-order chi connectivity index (χ1) is 15.3. The number of halogens is 1. The van der Waals surface area contributed by atoms with Crippen LogP contribution in [-0.2, 0) is 14.8 Å². The maximum atomic E-state index is 14.6. The molecule has 0 aromatic heterocycles. The average molecular weight is 462 g/mol. The molecule has 0 saturated carbocycles. The van der Waals surface area contributed by atoms with Gasteiger partial charge in [0.2, 0.25) is 10.0 Å². The zero-order valence-electron chi connectivity index (χ0n) is 18.4. The minimum atomic E-state index is -3.81. The standard InChI is InChI=1S/C23H28FN3O4S/c1-17-4-3-5-22(18(17)2)25-8-10-26(11-9-25)23(28)20-16-19(6-7-21(20)24)32(29,30)27-12-14-31-15-13-27/h3-7,16H,8-15H2,1-2H3. The van der Waals surface area contributed by atoms with E-state index in [2.05, 4.69) is 30.9 Å². The fourth-order valence-corrected chi connectivity index (χ4v) is 5.60. The third kappa shape index (κ3) is 4.37. The van der Waals surface area contributed by atoms with E-state index in [1.807, 2.05) is 6.07 Å². The highest BCUT2D eigenvalue weighted by atomic mass is 32.2. The van der Waals surface area contributed by atoms with Crippen LogP contribution in [0.2, 0.25) is 0 Å². The third-order valence-electron chi connectivity index (χ3n) is 6.26. The molecule has 2 fully saturated rings. The van der Waals surface area contributed by atoms with Gasteiger partial charge in [0.05, 0.1) is 23.7 Å². The van der Waals surface area contributed by atoms with Crippen LogP contribution in [0.15, 0.2) is 41.3 Å². The molecule has 2 aliphatic rings. The number of benzene rings is 2. The van der Waals surface area contributed by atoms with Crippen LogP contribution in [0.1, 0.15) is 21.5 Å². The van der Waals surface area contributed by atoms with Crippen molar-refractivity contribution in [1.29, 1.82) is 0 Å². The molecule has 2 aromatic carbocycles. The predicted molar refractivity (Wildman–Crippen MR) is 120 cm³/mol. The van der Waals surface area contributed by atoms with Crippen LogP contribution in [0.5, 0.6) is 0 Å². The number of amides is 1. The molecule has 0 unspecified atom stereocenters. The fourth-order valence-electron chi connectivity index (χ4n) is 4.16. The number of morpholine rings is 1. The molecule has 0 bridgehead atoms. The molecule has 172 valence electrons. The lowest BCUT2D eigenvalue weighted by Gasteiger charge is -2.37. The highest BCUT2D eigenvalue weighted by Gasteiger charge is 2.30. The largest absolute Gasteiger partial charge is 0.379 e. The molecule has 1 amide bonds. The highest BCUT2D eigenvalue weighted by molar-refractivity contribution is 7.89. The van der Waals surface area contributed by atoms with Gasteiger partial charge in [-0.05, 0) is 49.2 Å². The summed E-state index contributed by atoms with van der Waals surface area (Å²) in [7, 11) is -3.81. The third-order valence-corrected chi connectivity index (χ3v) is 8.15. The van der Waals surface area contributed by atoms with Crippen LogP contribution in [0.3, 0.4) is 0 Å². The monoisotopic (exact) mass is 461 g/mol. The Morgan fingerprint density at radius 2 is 1.66 bits per heavy atom. The van der Waals surface area contributed by atoms with Crippen LogP contribution >= 0.6 is 0 Å². The summed E-state index contributed by atoms with van der Waals surface area (Å²) >= 11 is 0. The van der Waals surface area contributed by atoms with E-state index in [0.29, 0.717) is 39.4 Å². The Hall–Kier alpha value is -2.49. The summed E-state index contributed by atoms with van der Waals surface area (Å²) in [5.41, 5.74) is 3.35. The van der Waals surface area contributed by atoms with Crippen LogP contribution in [0.4, 0.5) is 10.1 Å². The lowest BCUT2D eigenvalue weighted by molar-refractivity contribution is 0.0728. The Labute approximate surface area is 188 Å². The van der Waals surface area contributed by atoms with Gasteiger partial charge in [0.1, 0.15) is 5.82 Å².